The molecule has 0 aliphatic rings. The largest absolute Gasteiger partial charge is 0.406 e. The first kappa shape index (κ1) is 12.0. The summed E-state index contributed by atoms with van der Waals surface area (Å²) in [5.74, 6) is -2.33. The van der Waals surface area contributed by atoms with E-state index in [1.54, 1.807) is 0 Å². The minimum absolute atomic E-state index is 0.462. The summed E-state index contributed by atoms with van der Waals surface area (Å²) in [4.78, 5) is 21.8. The van der Waals surface area contributed by atoms with Gasteiger partial charge in [0.1, 0.15) is 0 Å². The van der Waals surface area contributed by atoms with Crippen LogP contribution in [0.4, 0.5) is 13.2 Å². The van der Waals surface area contributed by atoms with Crippen molar-refractivity contribution in [1.82, 2.24) is 9.78 Å². The Hall–Kier alpha value is -2.04. The molecule has 0 aromatic carbocycles. The van der Waals surface area contributed by atoms with E-state index in [0.29, 0.717) is 4.68 Å². The highest BCUT2D eigenvalue weighted by Gasteiger charge is 2.40. The van der Waals surface area contributed by atoms with Crippen molar-refractivity contribution in [3.05, 3.63) is 32.8 Å². The summed E-state index contributed by atoms with van der Waals surface area (Å²) in [6.07, 6.45) is -4.74. The number of rotatable bonds is 2. The lowest BCUT2D eigenvalue weighted by Gasteiger charge is -2.13. The van der Waals surface area contributed by atoms with Crippen LogP contribution in [0.5, 0.6) is 0 Å². The van der Waals surface area contributed by atoms with Gasteiger partial charge in [-0.05, 0) is 0 Å². The fourth-order valence-corrected chi connectivity index (χ4v) is 0.998. The lowest BCUT2D eigenvalue weighted by atomic mass is 10.1. The highest BCUT2D eigenvalue weighted by Crippen LogP contribution is 2.26. The molecule has 1 atom stereocenters. The van der Waals surface area contributed by atoms with Crippen LogP contribution in [-0.2, 0) is 6.54 Å². The Morgan fingerprint density at radius 3 is 2.56 bits per heavy atom. The van der Waals surface area contributed by atoms with E-state index in [0.717, 1.165) is 18.2 Å². The topological polar surface area (TPSA) is 78.7 Å². The van der Waals surface area contributed by atoms with Gasteiger partial charge in [-0.15, -0.1) is 0 Å². The summed E-state index contributed by atoms with van der Waals surface area (Å²) in [7, 11) is 0. The third kappa shape index (κ3) is 2.73. The number of halogens is 3. The molecule has 0 amide bonds. The molecule has 86 valence electrons. The first-order valence-corrected chi connectivity index (χ1v) is 4.11. The second-order valence-corrected chi connectivity index (χ2v) is 2.98. The molecule has 1 aromatic rings. The zero-order valence-electron chi connectivity index (χ0n) is 7.78. The summed E-state index contributed by atoms with van der Waals surface area (Å²) in [5, 5.41) is 10.2. The summed E-state index contributed by atoms with van der Waals surface area (Å²) in [6, 6.07) is 2.76. The van der Waals surface area contributed by atoms with Crippen LogP contribution in [0.15, 0.2) is 21.7 Å². The Balaban J connectivity index is 3.05. The molecule has 16 heavy (non-hydrogen) atoms. The maximum Gasteiger partial charge on any atom is 0.406 e. The van der Waals surface area contributed by atoms with Crippen molar-refractivity contribution < 1.29 is 13.2 Å². The number of alkyl halides is 3. The average Bonchev–Trinajstić information content (AvgIpc) is 2.17. The maximum atomic E-state index is 12.2. The van der Waals surface area contributed by atoms with Crippen molar-refractivity contribution in [2.24, 2.45) is 5.92 Å². The van der Waals surface area contributed by atoms with Crippen LogP contribution >= 0.6 is 0 Å². The fourth-order valence-electron chi connectivity index (χ4n) is 0.998. The number of hydrogen-bond acceptors (Lipinski definition) is 3. The van der Waals surface area contributed by atoms with E-state index >= 15 is 0 Å². The number of nitrogens with zero attached hydrogens (tertiary/aromatic N) is 2. The van der Waals surface area contributed by atoms with Crippen LogP contribution in [0.3, 0.4) is 0 Å². The molecule has 0 fully saturated rings. The number of hydrogen-bond donors (Lipinski definition) is 1. The molecular weight excluding hydrogens is 227 g/mol. The van der Waals surface area contributed by atoms with Crippen molar-refractivity contribution >= 4 is 0 Å². The Morgan fingerprint density at radius 1 is 1.44 bits per heavy atom. The van der Waals surface area contributed by atoms with E-state index < -0.39 is 29.8 Å². The van der Waals surface area contributed by atoms with Crippen LogP contribution in [-0.4, -0.2) is 16.0 Å². The molecule has 0 saturated carbocycles. The summed E-state index contributed by atoms with van der Waals surface area (Å²) in [6.45, 7) is -0.922. The number of H-pyrrole nitrogens is 1. The third-order valence-corrected chi connectivity index (χ3v) is 1.80. The van der Waals surface area contributed by atoms with E-state index in [9.17, 15) is 22.8 Å². The van der Waals surface area contributed by atoms with Gasteiger partial charge in [-0.25, -0.2) is 4.68 Å². The van der Waals surface area contributed by atoms with Crippen molar-refractivity contribution in [1.29, 1.82) is 5.26 Å². The van der Waals surface area contributed by atoms with Crippen LogP contribution in [0.1, 0.15) is 0 Å². The molecule has 0 spiro atoms. The minimum Gasteiger partial charge on any atom is -0.268 e. The molecule has 1 aromatic heterocycles. The van der Waals surface area contributed by atoms with Gasteiger partial charge < -0.3 is 0 Å². The van der Waals surface area contributed by atoms with Gasteiger partial charge in [0.05, 0.1) is 12.6 Å². The predicted molar refractivity (Wildman–Crippen MR) is 46.5 cm³/mol. The lowest BCUT2D eigenvalue weighted by molar-refractivity contribution is -0.162. The normalized spacial score (nSPS) is 13.1. The van der Waals surface area contributed by atoms with Crippen molar-refractivity contribution in [2.45, 2.75) is 12.7 Å². The van der Waals surface area contributed by atoms with Crippen molar-refractivity contribution in [3.63, 3.8) is 0 Å². The summed E-state index contributed by atoms with van der Waals surface area (Å²) in [5.41, 5.74) is -1.51. The molecule has 0 radical (unpaired) electrons. The van der Waals surface area contributed by atoms with E-state index in [2.05, 4.69) is 0 Å². The summed E-state index contributed by atoms with van der Waals surface area (Å²) >= 11 is 0. The molecule has 0 saturated heterocycles. The second-order valence-electron chi connectivity index (χ2n) is 2.98. The van der Waals surface area contributed by atoms with Gasteiger partial charge in [0, 0.05) is 12.1 Å². The SMILES string of the molecule is N#CC(Cn1[nH]c(=O)ccc1=O)C(F)(F)F. The van der Waals surface area contributed by atoms with Gasteiger partial charge in [-0.1, -0.05) is 0 Å². The Labute approximate surface area is 86.7 Å². The molecule has 1 unspecified atom stereocenters. The predicted octanol–water partition coefficient (Wildman–Crippen LogP) is 0.239. The smallest absolute Gasteiger partial charge is 0.268 e. The number of nitriles is 1. The van der Waals surface area contributed by atoms with Gasteiger partial charge in [-0.3, -0.25) is 14.7 Å². The standard InChI is InChI=1S/C8H6F3N3O2/c9-8(10,11)5(3-12)4-14-7(16)2-1-6(15)13-14/h1-2,5H,4H2,(H,13,15). The molecule has 1 heterocycles. The maximum absolute atomic E-state index is 12.2. The quantitative estimate of drug-likeness (QED) is 0.794. The zero-order valence-corrected chi connectivity index (χ0v) is 7.78. The van der Waals surface area contributed by atoms with E-state index in [-0.39, 0.29) is 0 Å². The molecule has 0 aliphatic carbocycles. The Bertz CT molecular complexity index is 523. The molecule has 8 heteroatoms. The highest BCUT2D eigenvalue weighted by atomic mass is 19.4. The van der Waals surface area contributed by atoms with Crippen molar-refractivity contribution in [3.8, 4) is 6.07 Å². The summed E-state index contributed by atoms with van der Waals surface area (Å²) < 4.78 is 37.1. The first-order valence-electron chi connectivity index (χ1n) is 4.11. The zero-order chi connectivity index (χ0) is 12.3. The lowest BCUT2D eigenvalue weighted by Crippen LogP contribution is -2.34. The van der Waals surface area contributed by atoms with Crippen LogP contribution in [0.25, 0.3) is 0 Å². The van der Waals surface area contributed by atoms with Crippen LogP contribution in [0.2, 0.25) is 0 Å². The van der Waals surface area contributed by atoms with Gasteiger partial charge in [0.2, 0.25) is 0 Å². The Morgan fingerprint density at radius 2 is 2.06 bits per heavy atom. The van der Waals surface area contributed by atoms with E-state index in [1.165, 1.54) is 0 Å². The fraction of sp³-hybridized carbons (Fsp3) is 0.375. The van der Waals surface area contributed by atoms with E-state index in [4.69, 9.17) is 5.26 Å². The van der Waals surface area contributed by atoms with Crippen LogP contribution < -0.4 is 11.1 Å². The molecule has 5 nitrogen and oxygen atoms in total. The van der Waals surface area contributed by atoms with Gasteiger partial charge in [-0.2, -0.15) is 18.4 Å². The minimum atomic E-state index is -4.74. The second kappa shape index (κ2) is 4.22. The highest BCUT2D eigenvalue weighted by molar-refractivity contribution is 4.91. The van der Waals surface area contributed by atoms with Gasteiger partial charge in [0.25, 0.3) is 11.1 Å². The molecule has 0 aliphatic heterocycles. The molecule has 1 rings (SSSR count). The molecular formula is C8H6F3N3O2. The third-order valence-electron chi connectivity index (χ3n) is 1.80. The average molecular weight is 233 g/mol. The number of aromatic nitrogens is 2. The van der Waals surface area contributed by atoms with Gasteiger partial charge >= 0.3 is 6.18 Å². The first-order chi connectivity index (χ1) is 7.34. The van der Waals surface area contributed by atoms with Gasteiger partial charge in [0.15, 0.2) is 5.92 Å². The monoisotopic (exact) mass is 233 g/mol. The van der Waals surface area contributed by atoms with Crippen molar-refractivity contribution in [2.75, 3.05) is 0 Å². The number of aromatic amines is 1. The number of nitrogens with one attached hydrogen (secondary N) is 1. The van der Waals surface area contributed by atoms with Crippen LogP contribution in [0, 0.1) is 17.2 Å². The Kier molecular flexibility index (Phi) is 3.17. The molecule has 1 N–H and O–H groups in total. The molecule has 0 bridgehead atoms. The van der Waals surface area contributed by atoms with E-state index in [1.807, 2.05) is 5.10 Å².